The highest BCUT2D eigenvalue weighted by Crippen LogP contribution is 2.39. The van der Waals surface area contributed by atoms with Crippen molar-refractivity contribution in [2.75, 3.05) is 0 Å². The molecule has 0 spiro atoms. The van der Waals surface area contributed by atoms with Crippen LogP contribution in [0.25, 0.3) is 21.3 Å². The molecule has 2 aromatic heterocycles. The minimum atomic E-state index is -4.42. The fraction of sp³-hybridized carbons (Fsp3) is 0.0714. The summed E-state index contributed by atoms with van der Waals surface area (Å²) in [5.74, 6) is 0. The molecule has 0 saturated carbocycles. The fourth-order valence-corrected chi connectivity index (χ4v) is 3.16. The average Bonchev–Trinajstić information content (AvgIpc) is 2.83. The molecule has 2 heterocycles. The summed E-state index contributed by atoms with van der Waals surface area (Å²) in [5.41, 5.74) is -0.0560. The van der Waals surface area contributed by atoms with Gasteiger partial charge >= 0.3 is 6.18 Å². The number of nitrogens with zero attached hydrogens (tertiary/aromatic N) is 1. The summed E-state index contributed by atoms with van der Waals surface area (Å²) in [6, 6.07) is 9.29. The Kier molecular flexibility index (Phi) is 3.18. The quantitative estimate of drug-likeness (QED) is 0.567. The number of alkyl halides is 3. The molecule has 3 aromatic rings. The summed E-state index contributed by atoms with van der Waals surface area (Å²) in [5, 5.41) is 0.473. The molecule has 0 fully saturated rings. The van der Waals surface area contributed by atoms with Crippen LogP contribution < -0.4 is 0 Å². The molecule has 6 heteroatoms. The lowest BCUT2D eigenvalue weighted by molar-refractivity contribution is -0.136. The third-order valence-corrected chi connectivity index (χ3v) is 4.18. The maximum atomic E-state index is 13.0. The number of para-hydroxylation sites is 1. The van der Waals surface area contributed by atoms with Crippen molar-refractivity contribution in [3.05, 3.63) is 52.5 Å². The van der Waals surface area contributed by atoms with Crippen LogP contribution in [0.5, 0.6) is 0 Å². The second kappa shape index (κ2) is 4.75. The smallest absolute Gasteiger partial charge is 0.256 e. The molecule has 0 bridgehead atoms. The number of fused-ring (bicyclic) bond motifs is 1. The molecule has 0 saturated heterocycles. The summed E-state index contributed by atoms with van der Waals surface area (Å²) in [7, 11) is 0. The monoisotopic (exact) mass is 313 g/mol. The fourth-order valence-electron chi connectivity index (χ4n) is 2.08. The molecule has 0 N–H and O–H groups in total. The van der Waals surface area contributed by atoms with Gasteiger partial charge in [-0.3, -0.25) is 4.98 Å². The molecule has 0 unspecified atom stereocenters. The standard InChI is InChI=1S/C14H7ClF3NS/c15-12-5-4-11(20-12)8-6-7-19-13-9(8)2-1-3-10(13)14(16,17)18/h1-7H. The van der Waals surface area contributed by atoms with Gasteiger partial charge in [0.05, 0.1) is 15.4 Å². The Morgan fingerprint density at radius 2 is 1.85 bits per heavy atom. The molecule has 0 aliphatic heterocycles. The van der Waals surface area contributed by atoms with Gasteiger partial charge in [0, 0.05) is 22.0 Å². The van der Waals surface area contributed by atoms with Gasteiger partial charge in [-0.15, -0.1) is 11.3 Å². The van der Waals surface area contributed by atoms with Gasteiger partial charge in [-0.1, -0.05) is 23.7 Å². The zero-order valence-corrected chi connectivity index (χ0v) is 11.5. The molecular weight excluding hydrogens is 307 g/mol. The number of rotatable bonds is 1. The summed E-state index contributed by atoms with van der Waals surface area (Å²) in [4.78, 5) is 4.71. The number of benzene rings is 1. The molecule has 0 atom stereocenters. The van der Waals surface area contributed by atoms with Crippen molar-refractivity contribution in [2.24, 2.45) is 0 Å². The van der Waals surface area contributed by atoms with E-state index in [1.807, 2.05) is 0 Å². The van der Waals surface area contributed by atoms with Crippen LogP contribution in [0.1, 0.15) is 5.56 Å². The molecule has 20 heavy (non-hydrogen) atoms. The Balaban J connectivity index is 2.31. The summed E-state index contributed by atoms with van der Waals surface area (Å²) < 4.78 is 39.6. The first-order valence-corrected chi connectivity index (χ1v) is 6.87. The van der Waals surface area contributed by atoms with Crippen LogP contribution in [0, 0.1) is 0 Å². The number of halogens is 4. The number of thiophene rings is 1. The van der Waals surface area contributed by atoms with Gasteiger partial charge in [0.15, 0.2) is 0 Å². The van der Waals surface area contributed by atoms with Gasteiger partial charge in [0.1, 0.15) is 0 Å². The number of hydrogen-bond acceptors (Lipinski definition) is 2. The Morgan fingerprint density at radius 1 is 1.05 bits per heavy atom. The van der Waals surface area contributed by atoms with Crippen molar-refractivity contribution in [1.82, 2.24) is 4.98 Å². The predicted octanol–water partition coefficient (Wildman–Crippen LogP) is 5.64. The van der Waals surface area contributed by atoms with Gasteiger partial charge in [0.25, 0.3) is 0 Å². The molecular formula is C14H7ClF3NS. The molecule has 0 aliphatic rings. The lowest BCUT2D eigenvalue weighted by Crippen LogP contribution is -2.06. The third-order valence-electron chi connectivity index (χ3n) is 2.92. The number of aromatic nitrogens is 1. The van der Waals surface area contributed by atoms with E-state index in [-0.39, 0.29) is 5.52 Å². The molecule has 1 nitrogen and oxygen atoms in total. The van der Waals surface area contributed by atoms with Crippen LogP contribution >= 0.6 is 22.9 Å². The molecule has 0 aliphatic carbocycles. The first-order chi connectivity index (χ1) is 9.47. The average molecular weight is 314 g/mol. The van der Waals surface area contributed by atoms with E-state index in [0.717, 1.165) is 10.9 Å². The number of hydrogen-bond donors (Lipinski definition) is 0. The maximum Gasteiger partial charge on any atom is 0.418 e. The van der Waals surface area contributed by atoms with E-state index < -0.39 is 11.7 Å². The Hall–Kier alpha value is -1.59. The van der Waals surface area contributed by atoms with Gasteiger partial charge in [-0.2, -0.15) is 13.2 Å². The van der Waals surface area contributed by atoms with Gasteiger partial charge in [-0.05, 0) is 24.3 Å². The van der Waals surface area contributed by atoms with Crippen LogP contribution in [0.3, 0.4) is 0 Å². The molecule has 102 valence electrons. The predicted molar refractivity (Wildman–Crippen MR) is 75.1 cm³/mol. The highest BCUT2D eigenvalue weighted by molar-refractivity contribution is 7.19. The van der Waals surface area contributed by atoms with Crippen molar-refractivity contribution in [3.63, 3.8) is 0 Å². The summed E-state index contributed by atoms with van der Waals surface area (Å²) in [6.45, 7) is 0. The molecule has 0 radical (unpaired) electrons. The van der Waals surface area contributed by atoms with E-state index in [1.54, 1.807) is 24.3 Å². The highest BCUT2D eigenvalue weighted by Gasteiger charge is 2.33. The molecule has 0 amide bonds. The van der Waals surface area contributed by atoms with E-state index in [2.05, 4.69) is 4.98 Å². The van der Waals surface area contributed by atoms with E-state index in [9.17, 15) is 13.2 Å². The highest BCUT2D eigenvalue weighted by atomic mass is 35.5. The minimum Gasteiger partial charge on any atom is -0.256 e. The summed E-state index contributed by atoms with van der Waals surface area (Å²) >= 11 is 7.21. The second-order valence-corrected chi connectivity index (χ2v) is 5.88. The van der Waals surface area contributed by atoms with E-state index in [0.29, 0.717) is 15.3 Å². The van der Waals surface area contributed by atoms with Crippen molar-refractivity contribution < 1.29 is 13.2 Å². The van der Waals surface area contributed by atoms with Gasteiger partial charge < -0.3 is 0 Å². The first-order valence-electron chi connectivity index (χ1n) is 5.67. The van der Waals surface area contributed by atoms with Crippen molar-refractivity contribution >= 4 is 33.8 Å². The molecule has 1 aromatic carbocycles. The van der Waals surface area contributed by atoms with Crippen molar-refractivity contribution in [2.45, 2.75) is 6.18 Å². The topological polar surface area (TPSA) is 12.9 Å². The van der Waals surface area contributed by atoms with E-state index in [1.165, 1.54) is 23.6 Å². The normalized spacial score (nSPS) is 12.0. The third kappa shape index (κ3) is 2.27. The molecule has 3 rings (SSSR count). The van der Waals surface area contributed by atoms with E-state index >= 15 is 0 Å². The largest absolute Gasteiger partial charge is 0.418 e. The second-order valence-electron chi connectivity index (χ2n) is 4.16. The van der Waals surface area contributed by atoms with Crippen LogP contribution in [0.2, 0.25) is 4.34 Å². The first kappa shape index (κ1) is 13.4. The Morgan fingerprint density at radius 3 is 2.50 bits per heavy atom. The van der Waals surface area contributed by atoms with Crippen LogP contribution in [0.4, 0.5) is 13.2 Å². The van der Waals surface area contributed by atoms with Gasteiger partial charge in [0.2, 0.25) is 0 Å². The maximum absolute atomic E-state index is 13.0. The van der Waals surface area contributed by atoms with E-state index in [4.69, 9.17) is 11.6 Å². The van der Waals surface area contributed by atoms with Crippen molar-refractivity contribution in [1.29, 1.82) is 0 Å². The van der Waals surface area contributed by atoms with Crippen molar-refractivity contribution in [3.8, 4) is 10.4 Å². The summed E-state index contributed by atoms with van der Waals surface area (Å²) in [6.07, 6.45) is -3.03. The number of pyridine rings is 1. The Labute approximate surface area is 121 Å². The lowest BCUT2D eigenvalue weighted by Gasteiger charge is -2.11. The SMILES string of the molecule is FC(F)(F)c1cccc2c(-c3ccc(Cl)s3)ccnc12. The zero-order valence-electron chi connectivity index (χ0n) is 9.91. The zero-order chi connectivity index (χ0) is 14.3. The van der Waals surface area contributed by atoms with Crippen LogP contribution in [-0.4, -0.2) is 4.98 Å². The van der Waals surface area contributed by atoms with Gasteiger partial charge in [-0.25, -0.2) is 0 Å². The Bertz CT molecular complexity index is 779. The minimum absolute atomic E-state index is 0.0398. The van der Waals surface area contributed by atoms with Crippen LogP contribution in [-0.2, 0) is 6.18 Å². The lowest BCUT2D eigenvalue weighted by atomic mass is 10.0. The van der Waals surface area contributed by atoms with Crippen LogP contribution in [0.15, 0.2) is 42.6 Å².